The molecule has 7 nitrogen and oxygen atoms in total. The number of carboxylic acid groups (broad SMARTS) is 1. The average molecular weight is 243 g/mol. The molecule has 1 heterocycles. The molecule has 86 valence electrons. The van der Waals surface area contributed by atoms with Crippen molar-refractivity contribution in [2.75, 3.05) is 0 Å². The second-order valence-electron chi connectivity index (χ2n) is 2.75. The normalized spacial score (nSPS) is 11.9. The number of nitrogens with one attached hydrogen (secondary N) is 2. The average Bonchev–Trinajstić information content (AvgIpc) is 2.28. The molecule has 0 atom stereocenters. The molecule has 0 aromatic carbocycles. The highest BCUT2D eigenvalue weighted by Gasteiger charge is 2.29. The molecule has 0 spiro atoms. The van der Waals surface area contributed by atoms with Crippen LogP contribution in [0.4, 0.5) is 0 Å². The molecule has 0 aliphatic rings. The monoisotopic (exact) mass is 243 g/mol. The summed E-state index contributed by atoms with van der Waals surface area (Å²) in [6.45, 7) is 0. The zero-order valence-electron chi connectivity index (χ0n) is 7.91. The number of pyridine rings is 1. The molecule has 16 heavy (non-hydrogen) atoms. The van der Waals surface area contributed by atoms with Crippen LogP contribution >= 0.6 is 10.6 Å². The number of rotatable bonds is 3. The Morgan fingerprint density at radius 3 is 2.44 bits per heavy atom. The van der Waals surface area contributed by atoms with Gasteiger partial charge in [0.15, 0.2) is 10.8 Å². The van der Waals surface area contributed by atoms with Gasteiger partial charge in [0.25, 0.3) is 0 Å². The van der Waals surface area contributed by atoms with E-state index in [2.05, 4.69) is 4.98 Å². The van der Waals surface area contributed by atoms with Gasteiger partial charge >= 0.3 is 5.97 Å². The van der Waals surface area contributed by atoms with Crippen molar-refractivity contribution in [1.82, 2.24) is 4.98 Å². The molecule has 0 saturated carbocycles. The number of aliphatic carboxylic acids is 1. The van der Waals surface area contributed by atoms with Crippen LogP contribution in [0.5, 0.6) is 0 Å². The summed E-state index contributed by atoms with van der Waals surface area (Å²) >= 11 is 0. The van der Waals surface area contributed by atoms with Crippen molar-refractivity contribution in [3.63, 3.8) is 0 Å². The van der Waals surface area contributed by atoms with Crippen LogP contribution in [0.3, 0.4) is 0 Å². The van der Waals surface area contributed by atoms with Gasteiger partial charge in [-0.2, -0.15) is 0 Å². The molecule has 0 saturated heterocycles. The molecule has 0 fully saturated rings. The molecule has 0 bridgehead atoms. The van der Waals surface area contributed by atoms with Gasteiger partial charge in [-0.3, -0.25) is 24.9 Å². The van der Waals surface area contributed by atoms with Gasteiger partial charge in [-0.25, -0.2) is 4.79 Å². The fourth-order valence-electron chi connectivity index (χ4n) is 0.873. The molecule has 1 aromatic heterocycles. The molecular weight excluding hydrogens is 234 g/mol. The Hall–Kier alpha value is -1.77. The van der Waals surface area contributed by atoms with Crippen molar-refractivity contribution >= 4 is 27.3 Å². The van der Waals surface area contributed by atoms with Crippen LogP contribution in [-0.4, -0.2) is 35.9 Å². The minimum absolute atomic E-state index is 0.0917. The quantitative estimate of drug-likeness (QED) is 0.402. The lowest BCUT2D eigenvalue weighted by atomic mass is 10.4. The van der Waals surface area contributed by atoms with E-state index in [-0.39, 0.29) is 4.90 Å². The first-order valence-corrected chi connectivity index (χ1v) is 5.51. The summed E-state index contributed by atoms with van der Waals surface area (Å²) < 4.78 is 19.3. The summed E-state index contributed by atoms with van der Waals surface area (Å²) in [6.07, 6.45) is 2.50. The Balaban J connectivity index is 3.08. The lowest BCUT2D eigenvalue weighted by molar-refractivity contribution is -0.129. The first-order valence-electron chi connectivity index (χ1n) is 3.96. The van der Waals surface area contributed by atoms with Gasteiger partial charge in [0.1, 0.15) is 0 Å². The molecule has 0 amide bonds. The lowest BCUT2D eigenvalue weighted by Crippen LogP contribution is -2.26. The van der Waals surface area contributed by atoms with E-state index in [0.717, 1.165) is 6.20 Å². The van der Waals surface area contributed by atoms with E-state index < -0.39 is 27.3 Å². The predicted octanol–water partition coefficient (Wildman–Crippen LogP) is 1.27. The molecule has 5 N–H and O–H groups in total. The largest absolute Gasteiger partial charge is 0.476 e. The van der Waals surface area contributed by atoms with Crippen molar-refractivity contribution in [1.29, 1.82) is 10.8 Å². The van der Waals surface area contributed by atoms with E-state index in [1.165, 1.54) is 18.3 Å². The Labute approximate surface area is 92.1 Å². The summed E-state index contributed by atoms with van der Waals surface area (Å²) in [5.41, 5.74) is -1.15. The van der Waals surface area contributed by atoms with Gasteiger partial charge in [-0.05, 0) is 12.1 Å². The van der Waals surface area contributed by atoms with Gasteiger partial charge in [-0.15, -0.1) is 10.6 Å². The third kappa shape index (κ3) is 2.24. The Bertz CT molecular complexity index is 446. The van der Waals surface area contributed by atoms with Crippen LogP contribution < -0.4 is 0 Å². The van der Waals surface area contributed by atoms with Crippen LogP contribution in [0.2, 0.25) is 0 Å². The van der Waals surface area contributed by atoms with Gasteiger partial charge in [-0.1, -0.05) is 0 Å². The van der Waals surface area contributed by atoms with E-state index in [9.17, 15) is 13.9 Å². The number of hydrogen-bond acceptors (Lipinski definition) is 6. The third-order valence-corrected chi connectivity index (χ3v) is 3.36. The van der Waals surface area contributed by atoms with E-state index >= 15 is 0 Å². The minimum atomic E-state index is -3.77. The number of aromatic nitrogens is 1. The highest BCUT2D eigenvalue weighted by atomic mass is 32.3. The van der Waals surface area contributed by atoms with Crippen LogP contribution in [0.15, 0.2) is 29.4 Å². The summed E-state index contributed by atoms with van der Waals surface area (Å²) in [5.74, 6) is -1.69. The smallest absolute Gasteiger partial charge is 0.357 e. The number of hydrogen-bond donors (Lipinski definition) is 5. The fraction of sp³-hybridized carbons (Fsp3) is 0. The Morgan fingerprint density at radius 2 is 2.00 bits per heavy atom. The SMILES string of the molecule is N=C(C(=N)S(O)(O)c1cccnc1)C(=O)O. The maximum absolute atomic E-state index is 10.4. The van der Waals surface area contributed by atoms with E-state index in [0.29, 0.717) is 0 Å². The fourth-order valence-corrected chi connectivity index (χ4v) is 1.96. The van der Waals surface area contributed by atoms with E-state index in [4.69, 9.17) is 15.9 Å². The molecule has 8 heteroatoms. The zero-order chi connectivity index (χ0) is 12.3. The van der Waals surface area contributed by atoms with Crippen molar-refractivity contribution in [2.45, 2.75) is 4.90 Å². The minimum Gasteiger partial charge on any atom is -0.476 e. The van der Waals surface area contributed by atoms with Crippen LogP contribution in [0.1, 0.15) is 0 Å². The van der Waals surface area contributed by atoms with Gasteiger partial charge in [0, 0.05) is 6.20 Å². The van der Waals surface area contributed by atoms with Crippen LogP contribution in [0, 0.1) is 10.8 Å². The maximum atomic E-state index is 10.4. The molecular formula is C8H9N3O4S. The Morgan fingerprint density at radius 1 is 1.38 bits per heavy atom. The van der Waals surface area contributed by atoms with Crippen molar-refractivity contribution in [3.05, 3.63) is 24.5 Å². The summed E-state index contributed by atoms with van der Waals surface area (Å²) in [7, 11) is -3.77. The summed E-state index contributed by atoms with van der Waals surface area (Å²) in [4.78, 5) is 14.0. The highest BCUT2D eigenvalue weighted by molar-refractivity contribution is 8.38. The number of carbonyl (C=O) groups is 1. The third-order valence-electron chi connectivity index (χ3n) is 1.69. The van der Waals surface area contributed by atoms with Gasteiger partial charge < -0.3 is 5.11 Å². The van der Waals surface area contributed by atoms with Gasteiger partial charge in [0.2, 0.25) is 0 Å². The van der Waals surface area contributed by atoms with E-state index in [1.807, 2.05) is 0 Å². The van der Waals surface area contributed by atoms with Crippen molar-refractivity contribution < 1.29 is 19.0 Å². The van der Waals surface area contributed by atoms with Crippen LogP contribution in [0.25, 0.3) is 0 Å². The lowest BCUT2D eigenvalue weighted by Gasteiger charge is -2.31. The van der Waals surface area contributed by atoms with Crippen molar-refractivity contribution in [3.8, 4) is 0 Å². The molecule has 0 unspecified atom stereocenters. The molecule has 0 aliphatic carbocycles. The van der Waals surface area contributed by atoms with Crippen LogP contribution in [-0.2, 0) is 4.79 Å². The second kappa shape index (κ2) is 4.39. The topological polar surface area (TPSA) is 138 Å². The highest BCUT2D eigenvalue weighted by Crippen LogP contribution is 2.48. The van der Waals surface area contributed by atoms with E-state index in [1.54, 1.807) is 0 Å². The van der Waals surface area contributed by atoms with Crippen molar-refractivity contribution in [2.24, 2.45) is 0 Å². The Kier molecular flexibility index (Phi) is 3.38. The standard InChI is InChI=1S/C8H9N3O4S/c9-6(8(12)13)7(10)16(14,15)5-2-1-3-11-4-5/h1-4,9-10,14-15H,(H,12,13). The first kappa shape index (κ1) is 12.3. The first-order chi connectivity index (χ1) is 7.37. The summed E-state index contributed by atoms with van der Waals surface area (Å²) in [6, 6.07) is 2.72. The summed E-state index contributed by atoms with van der Waals surface area (Å²) in [5, 5.41) is 21.7. The maximum Gasteiger partial charge on any atom is 0.357 e. The molecule has 1 rings (SSSR count). The van der Waals surface area contributed by atoms with Gasteiger partial charge in [0.05, 0.1) is 11.1 Å². The molecule has 0 aliphatic heterocycles. The molecule has 0 radical (unpaired) electrons. The number of nitrogens with zero attached hydrogens (tertiary/aromatic N) is 1. The molecule has 1 aromatic rings. The predicted molar refractivity (Wildman–Crippen MR) is 58.4 cm³/mol. The second-order valence-corrected chi connectivity index (χ2v) is 4.72. The zero-order valence-corrected chi connectivity index (χ0v) is 8.73. The number of carboxylic acids is 1.